The van der Waals surface area contributed by atoms with Crippen molar-refractivity contribution in [1.82, 2.24) is 16.0 Å². The van der Waals surface area contributed by atoms with Crippen LogP contribution in [0.2, 0.25) is 0 Å². The fraction of sp³-hybridized carbons (Fsp3) is 0.476. The van der Waals surface area contributed by atoms with Gasteiger partial charge in [0.2, 0.25) is 17.7 Å². The maximum atomic E-state index is 12.5. The summed E-state index contributed by atoms with van der Waals surface area (Å²) in [4.78, 5) is 59.9. The van der Waals surface area contributed by atoms with E-state index >= 15 is 0 Å². The largest absolute Gasteiger partial charge is 0.481 e. The van der Waals surface area contributed by atoms with Crippen LogP contribution in [0.4, 0.5) is 0 Å². The average molecular weight is 483 g/mol. The fourth-order valence-corrected chi connectivity index (χ4v) is 3.25. The first-order chi connectivity index (χ1) is 15.5. The Morgan fingerprint density at radius 1 is 0.939 bits per heavy atom. The predicted molar refractivity (Wildman–Crippen MR) is 122 cm³/mol. The van der Waals surface area contributed by atoms with Gasteiger partial charge in [0.1, 0.15) is 18.1 Å². The third kappa shape index (κ3) is 10.4. The smallest absolute Gasteiger partial charge is 0.326 e. The number of benzene rings is 1. The second-order valence-corrected chi connectivity index (χ2v) is 8.35. The van der Waals surface area contributed by atoms with E-state index in [-0.39, 0.29) is 6.42 Å². The van der Waals surface area contributed by atoms with E-state index in [2.05, 4.69) is 16.0 Å². The van der Waals surface area contributed by atoms with Crippen molar-refractivity contribution >= 4 is 41.4 Å². The first kappa shape index (κ1) is 27.9. The molecule has 0 saturated carbocycles. The lowest BCUT2D eigenvalue weighted by Gasteiger charge is -2.22. The monoisotopic (exact) mass is 482 g/mol. The minimum absolute atomic E-state index is 0.0359. The molecule has 0 fully saturated rings. The molecule has 182 valence electrons. The number of thioether (sulfide) groups is 1. The Morgan fingerprint density at radius 3 is 2.09 bits per heavy atom. The van der Waals surface area contributed by atoms with Gasteiger partial charge in [-0.3, -0.25) is 19.2 Å². The van der Waals surface area contributed by atoms with Crippen LogP contribution in [0.25, 0.3) is 0 Å². The second-order valence-electron chi connectivity index (χ2n) is 7.37. The number of carboxylic acids is 2. The molecule has 0 aliphatic heterocycles. The third-order valence-electron chi connectivity index (χ3n) is 4.63. The van der Waals surface area contributed by atoms with Gasteiger partial charge in [0.25, 0.3) is 0 Å². The van der Waals surface area contributed by atoms with Gasteiger partial charge < -0.3 is 31.9 Å². The number of nitrogens with one attached hydrogen (secondary N) is 3. The van der Waals surface area contributed by atoms with Crippen molar-refractivity contribution in [1.29, 1.82) is 0 Å². The van der Waals surface area contributed by atoms with Crippen LogP contribution in [0, 0.1) is 0 Å². The molecule has 11 nitrogen and oxygen atoms in total. The first-order valence-electron chi connectivity index (χ1n) is 10.2. The number of carboxylic acid groups (broad SMARTS) is 2. The number of carbonyl (C=O) groups is 5. The van der Waals surface area contributed by atoms with Gasteiger partial charge in [0.05, 0.1) is 12.5 Å². The Morgan fingerprint density at radius 2 is 1.55 bits per heavy atom. The van der Waals surface area contributed by atoms with Gasteiger partial charge in [0, 0.05) is 6.42 Å². The maximum absolute atomic E-state index is 12.5. The van der Waals surface area contributed by atoms with Crippen LogP contribution in [0.1, 0.15) is 25.3 Å². The Balaban J connectivity index is 2.76. The summed E-state index contributed by atoms with van der Waals surface area (Å²) < 4.78 is 0. The Hall–Kier alpha value is -3.12. The maximum Gasteiger partial charge on any atom is 0.326 e. The van der Waals surface area contributed by atoms with Crippen LogP contribution in [-0.4, -0.2) is 76.0 Å². The van der Waals surface area contributed by atoms with E-state index in [4.69, 9.17) is 10.8 Å². The highest BCUT2D eigenvalue weighted by atomic mass is 32.2. The molecule has 4 unspecified atom stereocenters. The zero-order valence-corrected chi connectivity index (χ0v) is 19.3. The molecule has 1 aromatic rings. The molecule has 7 N–H and O–H groups in total. The molecule has 33 heavy (non-hydrogen) atoms. The summed E-state index contributed by atoms with van der Waals surface area (Å²) in [6.45, 7) is 1.32. The highest BCUT2D eigenvalue weighted by Gasteiger charge is 2.29. The van der Waals surface area contributed by atoms with E-state index in [1.165, 1.54) is 18.7 Å². The van der Waals surface area contributed by atoms with Crippen LogP contribution in [0.15, 0.2) is 30.3 Å². The zero-order valence-electron chi connectivity index (χ0n) is 18.4. The van der Waals surface area contributed by atoms with Gasteiger partial charge in [0.15, 0.2) is 0 Å². The number of aliphatic carboxylic acids is 2. The highest BCUT2D eigenvalue weighted by Crippen LogP contribution is 2.05. The first-order valence-corrected chi connectivity index (χ1v) is 11.6. The molecule has 0 radical (unpaired) electrons. The molecule has 4 atom stereocenters. The topological polar surface area (TPSA) is 188 Å². The normalized spacial score (nSPS) is 14.3. The van der Waals surface area contributed by atoms with Gasteiger partial charge in [-0.05, 0) is 30.9 Å². The average Bonchev–Trinajstić information content (AvgIpc) is 2.76. The minimum Gasteiger partial charge on any atom is -0.481 e. The Kier molecular flexibility index (Phi) is 11.9. The quantitative estimate of drug-likeness (QED) is 0.200. The van der Waals surface area contributed by atoms with Gasteiger partial charge in [-0.1, -0.05) is 30.3 Å². The number of amides is 3. The Bertz CT molecular complexity index is 837. The van der Waals surface area contributed by atoms with Crippen molar-refractivity contribution in [2.75, 3.05) is 12.0 Å². The Labute approximate surface area is 195 Å². The van der Waals surface area contributed by atoms with Crippen molar-refractivity contribution < 1.29 is 34.2 Å². The molecule has 0 aliphatic carbocycles. The molecular weight excluding hydrogens is 452 g/mol. The van der Waals surface area contributed by atoms with Gasteiger partial charge in [-0.25, -0.2) is 4.79 Å². The predicted octanol–water partition coefficient (Wildman–Crippen LogP) is -0.657. The van der Waals surface area contributed by atoms with Gasteiger partial charge in [-0.2, -0.15) is 11.8 Å². The van der Waals surface area contributed by atoms with E-state index in [9.17, 15) is 29.1 Å². The van der Waals surface area contributed by atoms with Crippen LogP contribution in [-0.2, 0) is 30.4 Å². The van der Waals surface area contributed by atoms with E-state index in [0.717, 1.165) is 0 Å². The van der Waals surface area contributed by atoms with Crippen molar-refractivity contribution in [3.8, 4) is 0 Å². The van der Waals surface area contributed by atoms with Crippen LogP contribution in [0.5, 0.6) is 0 Å². The number of nitrogens with two attached hydrogens (primary N) is 1. The zero-order chi connectivity index (χ0) is 25.0. The molecular formula is C21H30N4O7S. The summed E-state index contributed by atoms with van der Waals surface area (Å²) in [5, 5.41) is 25.5. The number of rotatable bonds is 14. The molecule has 0 aromatic heterocycles. The summed E-state index contributed by atoms with van der Waals surface area (Å²) in [5.74, 6) is -4.34. The molecule has 1 rings (SSSR count). The van der Waals surface area contributed by atoms with Gasteiger partial charge in [-0.15, -0.1) is 0 Å². The number of carbonyl (C=O) groups excluding carboxylic acids is 3. The van der Waals surface area contributed by atoms with Crippen molar-refractivity contribution in [2.45, 2.75) is 50.4 Å². The van der Waals surface area contributed by atoms with E-state index < -0.39 is 60.2 Å². The molecule has 0 saturated heterocycles. The number of hydrogen-bond acceptors (Lipinski definition) is 7. The molecule has 12 heteroatoms. The number of hydrogen-bond donors (Lipinski definition) is 6. The van der Waals surface area contributed by atoms with E-state index in [1.54, 1.807) is 30.3 Å². The lowest BCUT2D eigenvalue weighted by atomic mass is 10.1. The molecule has 1 aromatic carbocycles. The minimum atomic E-state index is -1.45. The summed E-state index contributed by atoms with van der Waals surface area (Å²) in [6.07, 6.45) is 1.50. The lowest BCUT2D eigenvalue weighted by molar-refractivity contribution is -0.143. The van der Waals surface area contributed by atoms with Crippen molar-refractivity contribution in [3.05, 3.63) is 35.9 Å². The van der Waals surface area contributed by atoms with Crippen molar-refractivity contribution in [3.63, 3.8) is 0 Å². The standard InChI is InChI=1S/C21H30N4O7S/c1-12(18(28)25-16(21(31)32)10-13-6-4-3-5-7-13)23-20(30)15(11-17(26)27)24-19(29)14(22)8-9-33-2/h3-7,12,14-16H,8-11,22H2,1-2H3,(H,23,30)(H,24,29)(H,25,28)(H,26,27)(H,31,32). The molecule has 0 spiro atoms. The molecule has 0 heterocycles. The lowest BCUT2D eigenvalue weighted by Crippen LogP contribution is -2.57. The molecule has 0 aliphatic rings. The van der Waals surface area contributed by atoms with Crippen LogP contribution < -0.4 is 21.7 Å². The highest BCUT2D eigenvalue weighted by molar-refractivity contribution is 7.98. The van der Waals surface area contributed by atoms with Crippen molar-refractivity contribution in [2.24, 2.45) is 5.73 Å². The van der Waals surface area contributed by atoms with Crippen LogP contribution >= 0.6 is 11.8 Å². The summed E-state index contributed by atoms with van der Waals surface area (Å²) in [6, 6.07) is 3.90. The molecule has 0 bridgehead atoms. The third-order valence-corrected chi connectivity index (χ3v) is 5.27. The summed E-state index contributed by atoms with van der Waals surface area (Å²) in [7, 11) is 0. The summed E-state index contributed by atoms with van der Waals surface area (Å²) >= 11 is 1.48. The second kappa shape index (κ2) is 14.1. The summed E-state index contributed by atoms with van der Waals surface area (Å²) in [5.41, 5.74) is 6.45. The SMILES string of the molecule is CSCCC(N)C(=O)NC(CC(=O)O)C(=O)NC(C)C(=O)NC(Cc1ccccc1)C(=O)O. The molecule has 3 amide bonds. The van der Waals surface area contributed by atoms with E-state index in [1.807, 2.05) is 6.26 Å². The fourth-order valence-electron chi connectivity index (χ4n) is 2.76. The van der Waals surface area contributed by atoms with Crippen LogP contribution in [0.3, 0.4) is 0 Å². The van der Waals surface area contributed by atoms with Gasteiger partial charge >= 0.3 is 11.9 Å². The van der Waals surface area contributed by atoms with E-state index in [0.29, 0.717) is 17.7 Å².